The molecule has 6 nitrogen and oxygen atoms in total. The van der Waals surface area contributed by atoms with Crippen molar-refractivity contribution in [2.75, 3.05) is 5.32 Å². The van der Waals surface area contributed by atoms with Crippen molar-refractivity contribution in [2.45, 2.75) is 45.0 Å². The molecule has 1 aliphatic heterocycles. The number of carbonyl (C=O) groups excluding carboxylic acids is 2. The summed E-state index contributed by atoms with van der Waals surface area (Å²) in [5.74, 6) is -1.19. The second kappa shape index (κ2) is 8.37. The Morgan fingerprint density at radius 1 is 1.17 bits per heavy atom. The van der Waals surface area contributed by atoms with E-state index in [-0.39, 0.29) is 12.0 Å². The van der Waals surface area contributed by atoms with Gasteiger partial charge < -0.3 is 19.4 Å². The normalized spacial score (nSPS) is 18.0. The summed E-state index contributed by atoms with van der Waals surface area (Å²) in [6, 6.07) is 10.1. The first-order valence-electron chi connectivity index (χ1n) is 9.34. The van der Waals surface area contributed by atoms with E-state index in [1.165, 1.54) is 18.2 Å². The Bertz CT molecular complexity index is 952. The van der Waals surface area contributed by atoms with Crippen LogP contribution in [0.3, 0.4) is 0 Å². The van der Waals surface area contributed by atoms with Crippen LogP contribution in [0.5, 0.6) is 0 Å². The van der Waals surface area contributed by atoms with Crippen molar-refractivity contribution in [3.63, 3.8) is 0 Å². The molecular formula is C21H22BClFNO5. The molecule has 1 amide bonds. The average Bonchev–Trinajstić information content (AvgIpc) is 2.86. The van der Waals surface area contributed by atoms with E-state index in [0.717, 1.165) is 6.07 Å². The molecule has 0 aliphatic carbocycles. The van der Waals surface area contributed by atoms with Crippen LogP contribution in [0.25, 0.3) is 0 Å². The largest absolute Gasteiger partial charge is 0.496 e. The van der Waals surface area contributed by atoms with Crippen molar-refractivity contribution in [1.29, 1.82) is 0 Å². The van der Waals surface area contributed by atoms with Crippen molar-refractivity contribution in [2.24, 2.45) is 0 Å². The molecule has 1 atom stereocenters. The van der Waals surface area contributed by atoms with Crippen molar-refractivity contribution >= 4 is 42.2 Å². The maximum absolute atomic E-state index is 13.5. The van der Waals surface area contributed by atoms with Crippen LogP contribution in [0, 0.1) is 5.82 Å². The fraction of sp³-hybridized carbons (Fsp3) is 0.333. The van der Waals surface area contributed by atoms with Gasteiger partial charge >= 0.3 is 7.12 Å². The van der Waals surface area contributed by atoms with Gasteiger partial charge in [-0.05, 0) is 52.0 Å². The third-order valence-corrected chi connectivity index (χ3v) is 5.68. The van der Waals surface area contributed by atoms with Crippen LogP contribution in [-0.2, 0) is 23.6 Å². The number of carbonyl (C=O) groups is 2. The van der Waals surface area contributed by atoms with Gasteiger partial charge in [0.25, 0.3) is 12.4 Å². The van der Waals surface area contributed by atoms with E-state index >= 15 is 0 Å². The molecule has 2 aromatic rings. The molecule has 0 saturated carbocycles. The van der Waals surface area contributed by atoms with Gasteiger partial charge in [0, 0.05) is 21.7 Å². The highest BCUT2D eigenvalue weighted by Gasteiger charge is 2.52. The van der Waals surface area contributed by atoms with Gasteiger partial charge in [0.1, 0.15) is 5.82 Å². The Morgan fingerprint density at radius 2 is 1.83 bits per heavy atom. The van der Waals surface area contributed by atoms with E-state index < -0.39 is 36.1 Å². The van der Waals surface area contributed by atoms with Crippen LogP contribution in [0.15, 0.2) is 42.5 Å². The number of nitrogens with one attached hydrogen (secondary N) is 1. The zero-order valence-electron chi connectivity index (χ0n) is 17.1. The summed E-state index contributed by atoms with van der Waals surface area (Å²) in [4.78, 5) is 23.5. The highest BCUT2D eigenvalue weighted by atomic mass is 35.5. The monoisotopic (exact) mass is 433 g/mol. The van der Waals surface area contributed by atoms with E-state index in [1.807, 2.05) is 27.7 Å². The van der Waals surface area contributed by atoms with Crippen LogP contribution >= 0.6 is 11.6 Å². The fourth-order valence-electron chi connectivity index (χ4n) is 2.99. The predicted octanol–water partition coefficient (Wildman–Crippen LogP) is 3.63. The molecule has 30 heavy (non-hydrogen) atoms. The first-order valence-corrected chi connectivity index (χ1v) is 9.72. The maximum atomic E-state index is 13.5. The minimum Gasteiger partial charge on any atom is -0.449 e. The molecule has 0 aromatic heterocycles. The molecule has 1 N–H and O–H groups in total. The molecule has 3 rings (SSSR count). The van der Waals surface area contributed by atoms with Crippen LogP contribution < -0.4 is 10.8 Å². The number of halogens is 2. The Kier molecular flexibility index (Phi) is 6.22. The Balaban J connectivity index is 1.78. The summed E-state index contributed by atoms with van der Waals surface area (Å²) in [5, 5.41) is 2.96. The Morgan fingerprint density at radius 3 is 2.40 bits per heavy atom. The minimum atomic E-state index is -1.31. The lowest BCUT2D eigenvalue weighted by molar-refractivity contribution is -0.142. The molecular weight excluding hydrogens is 411 g/mol. The van der Waals surface area contributed by atoms with Gasteiger partial charge in [0.15, 0.2) is 0 Å². The summed E-state index contributed by atoms with van der Waals surface area (Å²) in [6.07, 6.45) is -1.31. The van der Waals surface area contributed by atoms with Crippen LogP contribution in [-0.4, -0.2) is 30.7 Å². The van der Waals surface area contributed by atoms with Gasteiger partial charge in [0.2, 0.25) is 6.10 Å². The molecule has 0 radical (unpaired) electrons. The highest BCUT2D eigenvalue weighted by molar-refractivity contribution is 6.65. The molecule has 1 saturated heterocycles. The predicted molar refractivity (Wildman–Crippen MR) is 112 cm³/mol. The van der Waals surface area contributed by atoms with Crippen molar-refractivity contribution in [3.05, 3.63) is 58.9 Å². The Labute approximate surface area is 179 Å². The molecule has 1 aliphatic rings. The molecule has 2 aromatic carbocycles. The zero-order chi connectivity index (χ0) is 22.1. The van der Waals surface area contributed by atoms with E-state index in [4.69, 9.17) is 25.6 Å². The lowest BCUT2D eigenvalue weighted by Crippen LogP contribution is -2.41. The second-order valence-electron chi connectivity index (χ2n) is 7.98. The first-order chi connectivity index (χ1) is 14.0. The Hall–Kier alpha value is -2.42. The lowest BCUT2D eigenvalue weighted by Gasteiger charge is -2.32. The fourth-order valence-corrected chi connectivity index (χ4v) is 3.26. The van der Waals surface area contributed by atoms with Gasteiger partial charge in [-0.25, -0.2) is 4.39 Å². The SMILES string of the molecule is CC1(C)OB(c2ccc(NC(=O)C(OC=O)c3cccc(F)c3)cc2Cl)OC1(C)C. The highest BCUT2D eigenvalue weighted by Crippen LogP contribution is 2.37. The smallest absolute Gasteiger partial charge is 0.449 e. The van der Waals surface area contributed by atoms with E-state index in [9.17, 15) is 14.0 Å². The molecule has 9 heteroatoms. The topological polar surface area (TPSA) is 73.9 Å². The van der Waals surface area contributed by atoms with E-state index in [1.54, 1.807) is 18.2 Å². The first kappa shape index (κ1) is 22.3. The number of amides is 1. The molecule has 158 valence electrons. The van der Waals surface area contributed by atoms with Gasteiger partial charge in [-0.2, -0.15) is 0 Å². The van der Waals surface area contributed by atoms with E-state index in [2.05, 4.69) is 5.32 Å². The van der Waals surface area contributed by atoms with Crippen molar-refractivity contribution < 1.29 is 28.0 Å². The third-order valence-electron chi connectivity index (χ3n) is 5.36. The number of rotatable bonds is 6. The third kappa shape index (κ3) is 4.51. The minimum absolute atomic E-state index is 0.142. The van der Waals surface area contributed by atoms with E-state index in [0.29, 0.717) is 16.2 Å². The number of anilines is 1. The molecule has 1 heterocycles. The van der Waals surface area contributed by atoms with Gasteiger partial charge in [-0.3, -0.25) is 9.59 Å². The number of benzene rings is 2. The summed E-state index contributed by atoms with van der Waals surface area (Å²) >= 11 is 6.41. The molecule has 0 spiro atoms. The quantitative estimate of drug-likeness (QED) is 0.556. The lowest BCUT2D eigenvalue weighted by atomic mass is 9.79. The van der Waals surface area contributed by atoms with Crippen LogP contribution in [0.1, 0.15) is 39.4 Å². The number of hydrogen-bond donors (Lipinski definition) is 1. The zero-order valence-corrected chi connectivity index (χ0v) is 17.8. The van der Waals surface area contributed by atoms with Gasteiger partial charge in [0.05, 0.1) is 11.2 Å². The molecule has 1 fully saturated rings. The van der Waals surface area contributed by atoms with Crippen LogP contribution in [0.2, 0.25) is 5.02 Å². The standard InChI is InChI=1S/C21H22BClFNO5/c1-20(2)21(3,4)30-22(29-20)16-9-8-15(11-17(16)23)25-19(27)18(28-12-26)13-6-5-7-14(24)10-13/h5-12,18H,1-4H3,(H,25,27). The van der Waals surface area contributed by atoms with Crippen LogP contribution in [0.4, 0.5) is 10.1 Å². The summed E-state index contributed by atoms with van der Waals surface area (Å²) < 4.78 is 30.4. The average molecular weight is 434 g/mol. The maximum Gasteiger partial charge on any atom is 0.496 e. The summed E-state index contributed by atoms with van der Waals surface area (Å²) in [7, 11) is -0.648. The number of hydrogen-bond acceptors (Lipinski definition) is 5. The number of ether oxygens (including phenoxy) is 1. The van der Waals surface area contributed by atoms with Gasteiger partial charge in [-0.15, -0.1) is 0 Å². The summed E-state index contributed by atoms with van der Waals surface area (Å²) in [6.45, 7) is 7.90. The second-order valence-corrected chi connectivity index (χ2v) is 8.39. The molecule has 1 unspecified atom stereocenters. The molecule has 0 bridgehead atoms. The van der Waals surface area contributed by atoms with Gasteiger partial charge in [-0.1, -0.05) is 29.8 Å². The van der Waals surface area contributed by atoms with Crippen molar-refractivity contribution in [3.8, 4) is 0 Å². The summed E-state index contributed by atoms with van der Waals surface area (Å²) in [5.41, 5.74) is 0.177. The van der Waals surface area contributed by atoms with Crippen molar-refractivity contribution in [1.82, 2.24) is 0 Å².